The summed E-state index contributed by atoms with van der Waals surface area (Å²) in [5, 5.41) is 1.35. The summed E-state index contributed by atoms with van der Waals surface area (Å²) in [6, 6.07) is 32.1. The molecule has 3 nitrogen and oxygen atoms in total. The van der Waals surface area contributed by atoms with E-state index in [1.807, 2.05) is 24.3 Å². The van der Waals surface area contributed by atoms with E-state index in [1.165, 1.54) is 28.1 Å². The minimum Gasteiger partial charge on any atom is -0.427 e. The van der Waals surface area contributed by atoms with Gasteiger partial charge in [0.15, 0.2) is 20.1 Å². The molecule has 0 aliphatic heterocycles. The Morgan fingerprint density at radius 3 is 2.00 bits per heavy atom. The first-order valence-corrected chi connectivity index (χ1v) is 12.2. The van der Waals surface area contributed by atoms with E-state index in [2.05, 4.69) is 54.6 Å². The van der Waals surface area contributed by atoms with E-state index in [0.717, 1.165) is 14.3 Å². The average molecular weight is 456 g/mol. The number of esters is 1. The van der Waals surface area contributed by atoms with Crippen molar-refractivity contribution in [3.8, 4) is 5.75 Å². The molecule has 0 bridgehead atoms. The molecule has 1 aromatic heterocycles. The van der Waals surface area contributed by atoms with Crippen LogP contribution in [0.15, 0.2) is 117 Å². The first kappa shape index (κ1) is 20.5. The van der Waals surface area contributed by atoms with Crippen LogP contribution in [0.4, 0.5) is 0 Å². The average Bonchev–Trinajstić information content (AvgIpc) is 2.81. The van der Waals surface area contributed by atoms with Crippen molar-refractivity contribution >= 4 is 48.4 Å². The lowest BCUT2D eigenvalue weighted by atomic mass is 10.2. The largest absolute Gasteiger partial charge is 0.427 e. The Labute approximate surface area is 192 Å². The van der Waals surface area contributed by atoms with Crippen LogP contribution in [0.5, 0.6) is 5.75 Å². The molecule has 0 saturated heterocycles. The maximum Gasteiger partial charge on any atom is 0.308 e. The number of rotatable bonds is 4. The topological polar surface area (TPSA) is 43.4 Å². The highest BCUT2D eigenvalue weighted by Gasteiger charge is 2.28. The predicted octanol–water partition coefficient (Wildman–Crippen LogP) is 6.44. The van der Waals surface area contributed by atoms with Gasteiger partial charge in [0, 0.05) is 33.2 Å². The number of carbonyl (C=O) groups is 1. The Hall–Kier alpha value is -3.41. The maximum atomic E-state index is 13.4. The Morgan fingerprint density at radius 2 is 1.38 bits per heavy atom. The number of hydrogen-bond acceptors (Lipinski definition) is 4. The SMILES string of the molecule is CC(=O)Oc1ccc2c(=O)c3cc([S+](c4ccccc4)c4ccccc4)ccc3sc2c1. The highest BCUT2D eigenvalue weighted by atomic mass is 32.2. The Kier molecular flexibility index (Phi) is 5.52. The first-order chi connectivity index (χ1) is 15.6. The van der Waals surface area contributed by atoms with Gasteiger partial charge in [-0.25, -0.2) is 0 Å². The van der Waals surface area contributed by atoms with E-state index in [4.69, 9.17) is 4.74 Å². The summed E-state index contributed by atoms with van der Waals surface area (Å²) in [6.45, 7) is 1.37. The van der Waals surface area contributed by atoms with Crippen molar-refractivity contribution in [2.24, 2.45) is 0 Å². The minimum absolute atomic E-state index is 0.00496. The van der Waals surface area contributed by atoms with Gasteiger partial charge in [-0.1, -0.05) is 36.4 Å². The van der Waals surface area contributed by atoms with Crippen LogP contribution in [0.1, 0.15) is 6.92 Å². The van der Waals surface area contributed by atoms with Crippen LogP contribution >= 0.6 is 11.3 Å². The second kappa shape index (κ2) is 8.61. The highest BCUT2D eigenvalue weighted by Crippen LogP contribution is 2.34. The Morgan fingerprint density at radius 1 is 0.719 bits per heavy atom. The molecule has 0 atom stereocenters. The molecule has 0 aliphatic rings. The molecule has 0 aliphatic carbocycles. The third-order valence-corrected chi connectivity index (χ3v) is 8.41. The van der Waals surface area contributed by atoms with Gasteiger partial charge in [0.05, 0.1) is 10.9 Å². The lowest BCUT2D eigenvalue weighted by Crippen LogP contribution is -2.07. The molecule has 32 heavy (non-hydrogen) atoms. The summed E-state index contributed by atoms with van der Waals surface area (Å²) in [4.78, 5) is 28.2. The molecule has 0 fully saturated rings. The van der Waals surface area contributed by atoms with Crippen molar-refractivity contribution < 1.29 is 9.53 Å². The van der Waals surface area contributed by atoms with Gasteiger partial charge < -0.3 is 4.74 Å². The van der Waals surface area contributed by atoms with Gasteiger partial charge in [-0.3, -0.25) is 9.59 Å². The first-order valence-electron chi connectivity index (χ1n) is 10.1. The third-order valence-electron chi connectivity index (χ3n) is 5.07. The molecule has 156 valence electrons. The number of fused-ring (bicyclic) bond motifs is 2. The number of benzene rings is 4. The number of ether oxygens (including phenoxy) is 1. The van der Waals surface area contributed by atoms with Crippen LogP contribution in [0.3, 0.4) is 0 Å². The summed E-state index contributed by atoms with van der Waals surface area (Å²) in [6.07, 6.45) is 0. The summed E-state index contributed by atoms with van der Waals surface area (Å²) in [5.74, 6) is 0.0716. The fourth-order valence-electron chi connectivity index (χ4n) is 3.69. The predicted molar refractivity (Wildman–Crippen MR) is 132 cm³/mol. The Bertz CT molecular complexity index is 1450. The van der Waals surface area contributed by atoms with Crippen molar-refractivity contribution in [1.29, 1.82) is 0 Å². The van der Waals surface area contributed by atoms with E-state index in [0.29, 0.717) is 16.5 Å². The maximum absolute atomic E-state index is 13.4. The van der Waals surface area contributed by atoms with Crippen molar-refractivity contribution in [2.75, 3.05) is 0 Å². The molecular weight excluding hydrogens is 436 g/mol. The molecule has 5 heteroatoms. The van der Waals surface area contributed by atoms with Crippen molar-refractivity contribution in [2.45, 2.75) is 21.6 Å². The van der Waals surface area contributed by atoms with Crippen molar-refractivity contribution in [1.82, 2.24) is 0 Å². The molecule has 0 spiro atoms. The van der Waals surface area contributed by atoms with Crippen molar-refractivity contribution in [3.63, 3.8) is 0 Å². The van der Waals surface area contributed by atoms with Crippen LogP contribution in [0.25, 0.3) is 20.2 Å². The van der Waals surface area contributed by atoms with Gasteiger partial charge in [0.2, 0.25) is 0 Å². The van der Waals surface area contributed by atoms with Crippen LogP contribution in [0.2, 0.25) is 0 Å². The smallest absolute Gasteiger partial charge is 0.308 e. The summed E-state index contributed by atoms with van der Waals surface area (Å²) >= 11 is 1.53. The van der Waals surface area contributed by atoms with Crippen molar-refractivity contribution in [3.05, 3.63) is 107 Å². The Balaban J connectivity index is 1.69. The molecule has 0 unspecified atom stereocenters. The fraction of sp³-hybridized carbons (Fsp3) is 0.0370. The molecule has 5 aromatic rings. The van der Waals surface area contributed by atoms with Crippen LogP contribution < -0.4 is 10.2 Å². The molecule has 0 amide bonds. The zero-order valence-corrected chi connectivity index (χ0v) is 18.9. The molecule has 4 aromatic carbocycles. The lowest BCUT2D eigenvalue weighted by Gasteiger charge is -2.09. The molecule has 0 saturated carbocycles. The standard InChI is InChI=1S/C27H19O3S2/c1-18(28)30-19-12-14-23-26(16-19)31-25-15-13-22(17-24(25)27(23)29)32(20-8-4-2-5-9-20)21-10-6-3-7-11-21/h2-17H,1H3/q+1. The summed E-state index contributed by atoms with van der Waals surface area (Å²) < 4.78 is 6.91. The monoisotopic (exact) mass is 455 g/mol. The minimum atomic E-state index is -0.379. The zero-order valence-electron chi connectivity index (χ0n) is 17.3. The highest BCUT2D eigenvalue weighted by molar-refractivity contribution is 7.97. The fourth-order valence-corrected chi connectivity index (χ4v) is 6.89. The second-order valence-electron chi connectivity index (χ2n) is 7.27. The van der Waals surface area contributed by atoms with E-state index in [-0.39, 0.29) is 22.3 Å². The van der Waals surface area contributed by atoms with Gasteiger partial charge in [-0.2, -0.15) is 0 Å². The zero-order chi connectivity index (χ0) is 22.1. The molecule has 1 heterocycles. The lowest BCUT2D eigenvalue weighted by molar-refractivity contribution is -0.131. The summed E-state index contributed by atoms with van der Waals surface area (Å²) in [5.41, 5.74) is -0.00496. The van der Waals surface area contributed by atoms with E-state index in [1.54, 1.807) is 18.2 Å². The molecule has 0 N–H and O–H groups in total. The quantitative estimate of drug-likeness (QED) is 0.136. The number of carbonyl (C=O) groups excluding carboxylic acids is 1. The third kappa shape index (κ3) is 3.93. The van der Waals surface area contributed by atoms with Crippen LogP contribution in [-0.2, 0) is 15.7 Å². The van der Waals surface area contributed by atoms with Gasteiger partial charge in [-0.05, 0) is 54.6 Å². The van der Waals surface area contributed by atoms with E-state index in [9.17, 15) is 9.59 Å². The van der Waals surface area contributed by atoms with Crippen LogP contribution in [-0.4, -0.2) is 5.97 Å². The van der Waals surface area contributed by atoms with E-state index < -0.39 is 0 Å². The molecule has 0 radical (unpaired) electrons. The van der Waals surface area contributed by atoms with Gasteiger partial charge >= 0.3 is 5.97 Å². The van der Waals surface area contributed by atoms with E-state index >= 15 is 0 Å². The van der Waals surface area contributed by atoms with Gasteiger partial charge in [-0.15, -0.1) is 11.3 Å². The molecular formula is C27H19O3S2+. The normalized spacial score (nSPS) is 11.2. The summed E-state index contributed by atoms with van der Waals surface area (Å²) in [7, 11) is -0.315. The molecule has 5 rings (SSSR count). The van der Waals surface area contributed by atoms with Gasteiger partial charge in [0.1, 0.15) is 5.75 Å². The number of hydrogen-bond donors (Lipinski definition) is 0. The van der Waals surface area contributed by atoms with Gasteiger partial charge in [0.25, 0.3) is 0 Å². The van der Waals surface area contributed by atoms with Crippen LogP contribution in [0, 0.1) is 0 Å². The second-order valence-corrected chi connectivity index (χ2v) is 10.4.